The van der Waals surface area contributed by atoms with E-state index in [1.54, 1.807) is 18.2 Å². The summed E-state index contributed by atoms with van der Waals surface area (Å²) in [6.07, 6.45) is 0. The Morgan fingerprint density at radius 1 is 0.950 bits per heavy atom. The zero-order valence-corrected chi connectivity index (χ0v) is 12.5. The van der Waals surface area contributed by atoms with Crippen LogP contribution >= 0.6 is 23.2 Å². The van der Waals surface area contributed by atoms with E-state index in [1.165, 1.54) is 0 Å². The summed E-state index contributed by atoms with van der Waals surface area (Å²) in [5, 5.41) is 1.10. The molecule has 3 nitrogen and oxygen atoms in total. The molecule has 2 rings (SSSR count). The molecular weight excluding hydrogens is 297 g/mol. The summed E-state index contributed by atoms with van der Waals surface area (Å²) < 4.78 is 11.1. The van der Waals surface area contributed by atoms with Crippen molar-refractivity contribution in [1.82, 2.24) is 0 Å². The summed E-state index contributed by atoms with van der Waals surface area (Å²) in [4.78, 5) is 0. The molecular formula is C15H15Cl2NO2. The van der Waals surface area contributed by atoms with Crippen molar-refractivity contribution in [3.8, 4) is 11.5 Å². The normalized spacial score (nSPS) is 10.3. The van der Waals surface area contributed by atoms with Crippen LogP contribution in [0.4, 0.5) is 5.69 Å². The molecule has 0 aliphatic heterocycles. The zero-order chi connectivity index (χ0) is 14.5. The summed E-state index contributed by atoms with van der Waals surface area (Å²) >= 11 is 11.9. The molecule has 0 fully saturated rings. The number of rotatable bonds is 5. The molecule has 0 aliphatic rings. The van der Waals surface area contributed by atoms with Crippen molar-refractivity contribution < 1.29 is 9.47 Å². The fourth-order valence-corrected chi connectivity index (χ4v) is 1.93. The van der Waals surface area contributed by atoms with Gasteiger partial charge in [0.15, 0.2) is 0 Å². The third kappa shape index (κ3) is 3.95. The first-order chi connectivity index (χ1) is 9.56. The van der Waals surface area contributed by atoms with Gasteiger partial charge >= 0.3 is 0 Å². The minimum absolute atomic E-state index is 0.394. The van der Waals surface area contributed by atoms with Gasteiger partial charge in [0, 0.05) is 6.07 Å². The molecule has 2 aromatic carbocycles. The maximum atomic E-state index is 6.03. The van der Waals surface area contributed by atoms with Crippen LogP contribution in [0.25, 0.3) is 0 Å². The topological polar surface area (TPSA) is 44.5 Å². The molecule has 5 heteroatoms. The molecule has 0 radical (unpaired) electrons. The molecule has 0 aliphatic carbocycles. The van der Waals surface area contributed by atoms with Gasteiger partial charge in [-0.3, -0.25) is 0 Å². The Morgan fingerprint density at radius 2 is 1.65 bits per heavy atom. The predicted molar refractivity (Wildman–Crippen MR) is 83.0 cm³/mol. The highest BCUT2D eigenvalue weighted by Gasteiger charge is 2.03. The SMILES string of the molecule is Cc1ccc(Cl)c(OCCOc2ccc(Cl)c(N)c2)c1. The van der Waals surface area contributed by atoms with Gasteiger partial charge in [0.2, 0.25) is 0 Å². The smallest absolute Gasteiger partial charge is 0.138 e. The van der Waals surface area contributed by atoms with Crippen molar-refractivity contribution >= 4 is 28.9 Å². The number of anilines is 1. The van der Waals surface area contributed by atoms with E-state index < -0.39 is 0 Å². The van der Waals surface area contributed by atoms with Crippen molar-refractivity contribution in [2.24, 2.45) is 0 Å². The van der Waals surface area contributed by atoms with Crippen molar-refractivity contribution in [1.29, 1.82) is 0 Å². The molecule has 20 heavy (non-hydrogen) atoms. The van der Waals surface area contributed by atoms with Crippen LogP contribution in [-0.4, -0.2) is 13.2 Å². The second-order valence-electron chi connectivity index (χ2n) is 4.31. The molecule has 0 heterocycles. The summed E-state index contributed by atoms with van der Waals surface area (Å²) in [6, 6.07) is 10.8. The second kappa shape index (κ2) is 6.73. The van der Waals surface area contributed by atoms with E-state index in [4.69, 9.17) is 38.4 Å². The number of halogens is 2. The van der Waals surface area contributed by atoms with Gasteiger partial charge in [-0.2, -0.15) is 0 Å². The number of nitrogen functional groups attached to an aromatic ring is 1. The van der Waals surface area contributed by atoms with Crippen LogP contribution in [-0.2, 0) is 0 Å². The largest absolute Gasteiger partial charge is 0.490 e. The average Bonchev–Trinajstić information content (AvgIpc) is 2.42. The maximum Gasteiger partial charge on any atom is 0.138 e. The van der Waals surface area contributed by atoms with Gasteiger partial charge in [0.05, 0.1) is 15.7 Å². The monoisotopic (exact) mass is 311 g/mol. The van der Waals surface area contributed by atoms with Gasteiger partial charge in [0.1, 0.15) is 24.7 Å². The first-order valence-electron chi connectivity index (χ1n) is 6.13. The quantitative estimate of drug-likeness (QED) is 0.660. The van der Waals surface area contributed by atoms with Gasteiger partial charge in [-0.05, 0) is 36.8 Å². The van der Waals surface area contributed by atoms with E-state index in [0.29, 0.717) is 40.4 Å². The summed E-state index contributed by atoms with van der Waals surface area (Å²) in [6.45, 7) is 2.77. The molecule has 106 valence electrons. The van der Waals surface area contributed by atoms with E-state index in [9.17, 15) is 0 Å². The van der Waals surface area contributed by atoms with Crippen molar-refractivity contribution in [3.63, 3.8) is 0 Å². The lowest BCUT2D eigenvalue weighted by atomic mass is 10.2. The Bertz CT molecular complexity index is 602. The van der Waals surface area contributed by atoms with Crippen LogP contribution in [0.3, 0.4) is 0 Å². The standard InChI is InChI=1S/C15H15Cl2NO2/c1-10-2-4-13(17)15(8-10)20-7-6-19-11-3-5-12(16)14(18)9-11/h2-5,8-9H,6-7,18H2,1H3. The van der Waals surface area contributed by atoms with Crippen molar-refractivity contribution in [2.75, 3.05) is 18.9 Å². The average molecular weight is 312 g/mol. The molecule has 0 atom stereocenters. The van der Waals surface area contributed by atoms with Crippen LogP contribution in [0.5, 0.6) is 11.5 Å². The number of hydrogen-bond donors (Lipinski definition) is 1. The van der Waals surface area contributed by atoms with E-state index in [-0.39, 0.29) is 0 Å². The molecule has 0 unspecified atom stereocenters. The highest BCUT2D eigenvalue weighted by atomic mass is 35.5. The highest BCUT2D eigenvalue weighted by molar-refractivity contribution is 6.33. The predicted octanol–water partition coefficient (Wildman–Crippen LogP) is 4.34. The van der Waals surface area contributed by atoms with Crippen molar-refractivity contribution in [2.45, 2.75) is 6.92 Å². The lowest BCUT2D eigenvalue weighted by molar-refractivity contribution is 0.217. The molecule has 0 bridgehead atoms. The van der Waals surface area contributed by atoms with Crippen LogP contribution in [0.15, 0.2) is 36.4 Å². The first-order valence-corrected chi connectivity index (χ1v) is 6.88. The maximum absolute atomic E-state index is 6.03. The molecule has 0 saturated carbocycles. The third-order valence-corrected chi connectivity index (χ3v) is 3.32. The minimum Gasteiger partial charge on any atom is -0.490 e. The zero-order valence-electron chi connectivity index (χ0n) is 11.0. The van der Waals surface area contributed by atoms with Gasteiger partial charge in [0.25, 0.3) is 0 Å². The summed E-state index contributed by atoms with van der Waals surface area (Å²) in [5.41, 5.74) is 7.28. The fourth-order valence-electron chi connectivity index (χ4n) is 1.64. The van der Waals surface area contributed by atoms with Gasteiger partial charge in [-0.15, -0.1) is 0 Å². The highest BCUT2D eigenvalue weighted by Crippen LogP contribution is 2.26. The first kappa shape index (κ1) is 14.8. The summed E-state index contributed by atoms with van der Waals surface area (Å²) in [7, 11) is 0. The molecule has 0 amide bonds. The minimum atomic E-state index is 0.394. The molecule has 0 spiro atoms. The van der Waals surface area contributed by atoms with E-state index in [1.807, 2.05) is 25.1 Å². The van der Waals surface area contributed by atoms with Crippen LogP contribution < -0.4 is 15.2 Å². The molecule has 2 N–H and O–H groups in total. The Kier molecular flexibility index (Phi) is 4.99. The number of benzene rings is 2. The molecule has 0 saturated heterocycles. The Labute approximate surface area is 128 Å². The molecule has 0 aromatic heterocycles. The van der Waals surface area contributed by atoms with Crippen LogP contribution in [0, 0.1) is 6.92 Å². The van der Waals surface area contributed by atoms with Gasteiger partial charge in [-0.1, -0.05) is 29.3 Å². The van der Waals surface area contributed by atoms with E-state index in [0.717, 1.165) is 5.56 Å². The lowest BCUT2D eigenvalue weighted by Gasteiger charge is -2.10. The molecule has 2 aromatic rings. The van der Waals surface area contributed by atoms with Gasteiger partial charge in [-0.25, -0.2) is 0 Å². The fraction of sp³-hybridized carbons (Fsp3) is 0.200. The lowest BCUT2D eigenvalue weighted by Crippen LogP contribution is -2.09. The van der Waals surface area contributed by atoms with E-state index in [2.05, 4.69) is 0 Å². The van der Waals surface area contributed by atoms with Crippen molar-refractivity contribution in [3.05, 3.63) is 52.0 Å². The number of nitrogens with two attached hydrogens (primary N) is 1. The number of aryl methyl sites for hydroxylation is 1. The number of ether oxygens (including phenoxy) is 2. The second-order valence-corrected chi connectivity index (χ2v) is 5.13. The third-order valence-electron chi connectivity index (χ3n) is 2.66. The Hall–Kier alpha value is -1.58. The van der Waals surface area contributed by atoms with Crippen LogP contribution in [0.2, 0.25) is 10.0 Å². The Morgan fingerprint density at radius 3 is 2.40 bits per heavy atom. The van der Waals surface area contributed by atoms with E-state index >= 15 is 0 Å². The van der Waals surface area contributed by atoms with Gasteiger partial charge < -0.3 is 15.2 Å². The Balaban J connectivity index is 1.84. The number of hydrogen-bond acceptors (Lipinski definition) is 3. The summed E-state index contributed by atoms with van der Waals surface area (Å²) in [5.74, 6) is 1.32. The van der Waals surface area contributed by atoms with Crippen LogP contribution in [0.1, 0.15) is 5.56 Å².